The number of likely N-dealkylation sites (N-methyl/N-ethyl adjacent to an activating group) is 1. The molecule has 0 aromatic heterocycles. The Morgan fingerprint density at radius 2 is 2.11 bits per heavy atom. The molecule has 1 aliphatic rings. The molecule has 1 aromatic carbocycles. The fourth-order valence-corrected chi connectivity index (χ4v) is 2.81. The van der Waals surface area contributed by atoms with Gasteiger partial charge in [0, 0.05) is 25.0 Å². The highest BCUT2D eigenvalue weighted by Gasteiger charge is 2.28. The molecule has 0 spiro atoms. The van der Waals surface area contributed by atoms with Gasteiger partial charge in [0.15, 0.2) is 0 Å². The molecule has 1 heterocycles. The quantitative estimate of drug-likeness (QED) is 0.849. The minimum absolute atomic E-state index is 0.518. The lowest BCUT2D eigenvalue weighted by Gasteiger charge is -2.25. The Kier molecular flexibility index (Phi) is 5.37. The average Bonchev–Trinajstić information content (AvgIpc) is 2.80. The van der Waals surface area contributed by atoms with Crippen molar-refractivity contribution in [3.8, 4) is 0 Å². The van der Waals surface area contributed by atoms with Gasteiger partial charge in [-0.25, -0.2) is 0 Å². The van der Waals surface area contributed by atoms with Crippen LogP contribution < -0.4 is 5.32 Å². The number of hydrogen-bond donors (Lipinski definition) is 1. The van der Waals surface area contributed by atoms with Gasteiger partial charge in [-0.3, -0.25) is 0 Å². The number of rotatable bonds is 6. The average molecular weight is 262 g/mol. The van der Waals surface area contributed by atoms with Crippen molar-refractivity contribution in [3.63, 3.8) is 0 Å². The number of nitrogens with zero attached hydrogens (tertiary/aromatic N) is 1. The Balaban J connectivity index is 1.87. The molecule has 0 saturated carbocycles. The number of aryl methyl sites for hydroxylation is 1. The molecule has 2 unspecified atom stereocenters. The molecule has 3 nitrogen and oxygen atoms in total. The van der Waals surface area contributed by atoms with Gasteiger partial charge in [0.1, 0.15) is 0 Å². The van der Waals surface area contributed by atoms with Crippen molar-refractivity contribution in [2.24, 2.45) is 5.92 Å². The highest BCUT2D eigenvalue weighted by Crippen LogP contribution is 2.17. The predicted molar refractivity (Wildman–Crippen MR) is 79.3 cm³/mol. The molecule has 106 valence electrons. The summed E-state index contributed by atoms with van der Waals surface area (Å²) in [7, 11) is 2.20. The predicted octanol–water partition coefficient (Wildman–Crippen LogP) is 2.05. The molecule has 0 aliphatic carbocycles. The van der Waals surface area contributed by atoms with E-state index in [1.54, 1.807) is 0 Å². The fourth-order valence-electron chi connectivity index (χ4n) is 2.81. The maximum Gasteiger partial charge on any atom is 0.0623 e. The Morgan fingerprint density at radius 1 is 1.32 bits per heavy atom. The first-order valence-electron chi connectivity index (χ1n) is 7.25. The number of hydrogen-bond acceptors (Lipinski definition) is 3. The van der Waals surface area contributed by atoms with Gasteiger partial charge in [0.05, 0.1) is 13.2 Å². The smallest absolute Gasteiger partial charge is 0.0623 e. The van der Waals surface area contributed by atoms with Gasteiger partial charge in [-0.1, -0.05) is 31.2 Å². The summed E-state index contributed by atoms with van der Waals surface area (Å²) in [5.41, 5.74) is 2.80. The number of ether oxygens (including phenoxy) is 1. The van der Waals surface area contributed by atoms with Crippen molar-refractivity contribution < 1.29 is 4.74 Å². The van der Waals surface area contributed by atoms with Crippen LogP contribution in [0.15, 0.2) is 24.3 Å². The molecule has 0 bridgehead atoms. The molecule has 2 rings (SSSR count). The van der Waals surface area contributed by atoms with Crippen molar-refractivity contribution in [3.05, 3.63) is 35.4 Å². The summed E-state index contributed by atoms with van der Waals surface area (Å²) in [4.78, 5) is 2.41. The lowest BCUT2D eigenvalue weighted by Crippen LogP contribution is -2.40. The third-order valence-corrected chi connectivity index (χ3v) is 3.91. The van der Waals surface area contributed by atoms with Crippen LogP contribution in [0.5, 0.6) is 0 Å². The second-order valence-corrected chi connectivity index (χ2v) is 5.58. The molecular formula is C16H26N2O. The van der Waals surface area contributed by atoms with Crippen LogP contribution in [-0.4, -0.2) is 44.3 Å². The van der Waals surface area contributed by atoms with Crippen molar-refractivity contribution in [1.82, 2.24) is 10.2 Å². The standard InChI is InChI=1S/C16H26N2O/c1-4-17-16-12-19-11-15(16)10-18(3)9-14-8-6-5-7-13(14)2/h5-8,15-17H,4,9-12H2,1-3H3. The molecular weight excluding hydrogens is 236 g/mol. The van der Waals surface area contributed by atoms with E-state index in [4.69, 9.17) is 4.74 Å². The van der Waals surface area contributed by atoms with E-state index in [1.807, 2.05) is 0 Å². The highest BCUT2D eigenvalue weighted by molar-refractivity contribution is 5.25. The monoisotopic (exact) mass is 262 g/mol. The minimum atomic E-state index is 0.518. The molecule has 3 heteroatoms. The van der Waals surface area contributed by atoms with Crippen molar-refractivity contribution in [2.45, 2.75) is 26.4 Å². The zero-order valence-corrected chi connectivity index (χ0v) is 12.4. The van der Waals surface area contributed by atoms with Gasteiger partial charge in [-0.05, 0) is 31.6 Å². The first kappa shape index (κ1) is 14.5. The summed E-state index contributed by atoms with van der Waals surface area (Å²) < 4.78 is 5.61. The van der Waals surface area contributed by atoms with Crippen LogP contribution in [0.3, 0.4) is 0 Å². The Hall–Kier alpha value is -0.900. The molecule has 2 atom stereocenters. The van der Waals surface area contributed by atoms with Crippen LogP contribution in [0, 0.1) is 12.8 Å². The number of nitrogens with one attached hydrogen (secondary N) is 1. The molecule has 1 N–H and O–H groups in total. The zero-order valence-electron chi connectivity index (χ0n) is 12.4. The van der Waals surface area contributed by atoms with E-state index < -0.39 is 0 Å². The normalized spacial score (nSPS) is 23.2. The van der Waals surface area contributed by atoms with E-state index in [-0.39, 0.29) is 0 Å². The third kappa shape index (κ3) is 4.03. The van der Waals surface area contributed by atoms with E-state index in [9.17, 15) is 0 Å². The van der Waals surface area contributed by atoms with Gasteiger partial charge in [0.2, 0.25) is 0 Å². The summed E-state index contributed by atoms with van der Waals surface area (Å²) in [5, 5.41) is 3.52. The van der Waals surface area contributed by atoms with Gasteiger partial charge in [-0.15, -0.1) is 0 Å². The van der Waals surface area contributed by atoms with Crippen LogP contribution in [0.4, 0.5) is 0 Å². The molecule has 1 fully saturated rings. The topological polar surface area (TPSA) is 24.5 Å². The van der Waals surface area contributed by atoms with E-state index in [0.29, 0.717) is 12.0 Å². The highest BCUT2D eigenvalue weighted by atomic mass is 16.5. The van der Waals surface area contributed by atoms with Gasteiger partial charge in [0.25, 0.3) is 0 Å². The van der Waals surface area contributed by atoms with Crippen LogP contribution in [-0.2, 0) is 11.3 Å². The molecule has 0 radical (unpaired) electrons. The maximum atomic E-state index is 5.61. The molecule has 1 aromatic rings. The summed E-state index contributed by atoms with van der Waals surface area (Å²) in [6.45, 7) is 9.21. The van der Waals surface area contributed by atoms with Gasteiger partial charge >= 0.3 is 0 Å². The maximum absolute atomic E-state index is 5.61. The molecule has 1 aliphatic heterocycles. The first-order chi connectivity index (χ1) is 9.20. The Morgan fingerprint density at radius 3 is 2.84 bits per heavy atom. The molecule has 19 heavy (non-hydrogen) atoms. The zero-order chi connectivity index (χ0) is 13.7. The van der Waals surface area contributed by atoms with Gasteiger partial charge < -0.3 is 15.0 Å². The first-order valence-corrected chi connectivity index (χ1v) is 7.25. The summed E-state index contributed by atoms with van der Waals surface area (Å²) in [6, 6.07) is 9.15. The van der Waals surface area contributed by atoms with Crippen molar-refractivity contribution >= 4 is 0 Å². The Labute approximate surface area is 116 Å². The summed E-state index contributed by atoms with van der Waals surface area (Å²) in [5.74, 6) is 0.606. The summed E-state index contributed by atoms with van der Waals surface area (Å²) in [6.07, 6.45) is 0. The van der Waals surface area contributed by atoms with Crippen LogP contribution >= 0.6 is 0 Å². The van der Waals surface area contributed by atoms with Crippen LogP contribution in [0.1, 0.15) is 18.1 Å². The molecule has 1 saturated heterocycles. The largest absolute Gasteiger partial charge is 0.379 e. The number of benzene rings is 1. The van der Waals surface area contributed by atoms with Crippen LogP contribution in [0.2, 0.25) is 0 Å². The van der Waals surface area contributed by atoms with E-state index in [1.165, 1.54) is 11.1 Å². The van der Waals surface area contributed by atoms with Crippen LogP contribution in [0.25, 0.3) is 0 Å². The fraction of sp³-hybridized carbons (Fsp3) is 0.625. The van der Waals surface area contributed by atoms with E-state index in [2.05, 4.69) is 55.4 Å². The Bertz CT molecular complexity index is 394. The SMILES string of the molecule is CCNC1COCC1CN(C)Cc1ccccc1C. The molecule has 0 amide bonds. The summed E-state index contributed by atoms with van der Waals surface area (Å²) >= 11 is 0. The lowest BCUT2D eigenvalue weighted by molar-refractivity contribution is 0.172. The second-order valence-electron chi connectivity index (χ2n) is 5.58. The third-order valence-electron chi connectivity index (χ3n) is 3.91. The van der Waals surface area contributed by atoms with Crippen molar-refractivity contribution in [2.75, 3.05) is 33.4 Å². The van der Waals surface area contributed by atoms with E-state index >= 15 is 0 Å². The van der Waals surface area contributed by atoms with E-state index in [0.717, 1.165) is 32.8 Å². The lowest BCUT2D eigenvalue weighted by atomic mass is 10.0. The van der Waals surface area contributed by atoms with Crippen molar-refractivity contribution in [1.29, 1.82) is 0 Å². The second kappa shape index (κ2) is 7.04. The van der Waals surface area contributed by atoms with Gasteiger partial charge in [-0.2, -0.15) is 0 Å². The minimum Gasteiger partial charge on any atom is -0.379 e.